The molecule has 3 rings (SSSR count). The van der Waals surface area contributed by atoms with E-state index in [2.05, 4.69) is 27.4 Å². The molecule has 1 heterocycles. The van der Waals surface area contributed by atoms with Gasteiger partial charge in [-0.1, -0.05) is 42.1 Å². The minimum atomic E-state index is -0.104. The van der Waals surface area contributed by atoms with Gasteiger partial charge in [-0.3, -0.25) is 4.79 Å². The molecule has 2 aromatic carbocycles. The average molecular weight is 412 g/mol. The Bertz CT molecular complexity index is 986. The summed E-state index contributed by atoms with van der Waals surface area (Å²) in [6.45, 7) is 7.82. The molecule has 0 bridgehead atoms. The number of benzene rings is 2. The monoisotopic (exact) mass is 411 g/mol. The van der Waals surface area contributed by atoms with Gasteiger partial charge in [-0.05, 0) is 53.6 Å². The van der Waals surface area contributed by atoms with Gasteiger partial charge < -0.3 is 5.32 Å². The van der Waals surface area contributed by atoms with Crippen LogP contribution in [0.5, 0.6) is 0 Å². The lowest BCUT2D eigenvalue weighted by Crippen LogP contribution is -2.15. The zero-order valence-electron chi connectivity index (χ0n) is 15.8. The van der Waals surface area contributed by atoms with Crippen LogP contribution in [-0.2, 0) is 4.79 Å². The molecule has 0 fully saturated rings. The predicted octanol–water partition coefficient (Wildman–Crippen LogP) is 4.29. The number of para-hydroxylation sites is 1. The maximum absolute atomic E-state index is 12.5. The Kier molecular flexibility index (Phi) is 6.89. The molecule has 0 saturated heterocycles. The lowest BCUT2D eigenvalue weighted by molar-refractivity contribution is -0.113. The highest BCUT2D eigenvalue weighted by Crippen LogP contribution is 2.27. The number of rotatable bonds is 8. The average Bonchev–Trinajstić information content (AvgIpc) is 3.16. The number of aryl methyl sites for hydroxylation is 1. The van der Waals surface area contributed by atoms with Crippen LogP contribution in [0.1, 0.15) is 11.1 Å². The zero-order chi connectivity index (χ0) is 19.9. The van der Waals surface area contributed by atoms with Gasteiger partial charge in [0.15, 0.2) is 0 Å². The lowest BCUT2D eigenvalue weighted by Gasteiger charge is -2.11. The third-order valence-corrected chi connectivity index (χ3v) is 6.08. The van der Waals surface area contributed by atoms with Crippen molar-refractivity contribution in [3.8, 4) is 5.69 Å². The molecule has 1 amide bonds. The second-order valence-corrected chi connectivity index (χ2v) is 8.03. The van der Waals surface area contributed by atoms with E-state index >= 15 is 0 Å². The van der Waals surface area contributed by atoms with Crippen molar-refractivity contribution in [1.29, 1.82) is 0 Å². The molecule has 0 radical (unpaired) electrons. The summed E-state index contributed by atoms with van der Waals surface area (Å²) < 4.78 is 1.67. The fourth-order valence-corrected chi connectivity index (χ4v) is 3.98. The minimum absolute atomic E-state index is 0.104. The van der Waals surface area contributed by atoms with Crippen LogP contribution < -0.4 is 5.32 Å². The van der Waals surface area contributed by atoms with Crippen LogP contribution in [-0.4, -0.2) is 37.6 Å². The standard InChI is InChI=1S/C20H21N5OS2/c1-4-12-27-18-11-6-5-9-16(18)21-19(26)13-28-20-22-23-24-25(20)17-10-7-8-14(2)15(17)3/h4-11H,1,12-13H2,2-3H3,(H,21,26). The normalized spacial score (nSPS) is 10.6. The molecular formula is C20H21N5OS2. The molecule has 144 valence electrons. The Balaban J connectivity index is 1.68. The Morgan fingerprint density at radius 2 is 2.00 bits per heavy atom. The smallest absolute Gasteiger partial charge is 0.234 e. The first-order chi connectivity index (χ1) is 13.6. The van der Waals surface area contributed by atoms with Crippen LogP contribution in [0.3, 0.4) is 0 Å². The minimum Gasteiger partial charge on any atom is -0.324 e. The van der Waals surface area contributed by atoms with Crippen molar-refractivity contribution in [1.82, 2.24) is 20.2 Å². The van der Waals surface area contributed by atoms with Crippen molar-refractivity contribution in [2.45, 2.75) is 23.9 Å². The summed E-state index contributed by atoms with van der Waals surface area (Å²) in [6.07, 6.45) is 1.84. The number of carbonyl (C=O) groups excluding carboxylic acids is 1. The molecule has 1 aromatic heterocycles. The van der Waals surface area contributed by atoms with Gasteiger partial charge in [0, 0.05) is 10.6 Å². The zero-order valence-corrected chi connectivity index (χ0v) is 17.4. The first-order valence-corrected chi connectivity index (χ1v) is 10.7. The van der Waals surface area contributed by atoms with Gasteiger partial charge in [-0.15, -0.1) is 23.4 Å². The molecule has 0 aliphatic heterocycles. The maximum Gasteiger partial charge on any atom is 0.234 e. The number of aromatic nitrogens is 4. The fourth-order valence-electron chi connectivity index (χ4n) is 2.55. The molecule has 0 aliphatic carbocycles. The van der Waals surface area contributed by atoms with E-state index in [9.17, 15) is 4.79 Å². The van der Waals surface area contributed by atoms with Gasteiger partial charge in [-0.2, -0.15) is 4.68 Å². The van der Waals surface area contributed by atoms with Crippen LogP contribution in [0.4, 0.5) is 5.69 Å². The summed E-state index contributed by atoms with van der Waals surface area (Å²) in [6, 6.07) is 13.7. The van der Waals surface area contributed by atoms with Crippen LogP contribution in [0.15, 0.2) is 65.2 Å². The third-order valence-electron chi connectivity index (χ3n) is 4.10. The number of hydrogen-bond donors (Lipinski definition) is 1. The first-order valence-electron chi connectivity index (χ1n) is 8.70. The van der Waals surface area contributed by atoms with Gasteiger partial charge in [0.2, 0.25) is 11.1 Å². The molecule has 0 atom stereocenters. The van der Waals surface area contributed by atoms with Crippen LogP contribution >= 0.6 is 23.5 Å². The molecule has 8 heteroatoms. The summed E-state index contributed by atoms with van der Waals surface area (Å²) in [5, 5.41) is 15.5. The van der Waals surface area contributed by atoms with Crippen LogP contribution in [0.25, 0.3) is 5.69 Å². The molecule has 0 saturated carbocycles. The van der Waals surface area contributed by atoms with E-state index in [1.54, 1.807) is 16.4 Å². The number of carbonyl (C=O) groups is 1. The second-order valence-electron chi connectivity index (χ2n) is 6.02. The molecule has 6 nitrogen and oxygen atoms in total. The molecule has 0 aliphatic rings. The quantitative estimate of drug-likeness (QED) is 0.440. The van der Waals surface area contributed by atoms with Gasteiger partial charge in [-0.25, -0.2) is 0 Å². The fraction of sp³-hybridized carbons (Fsp3) is 0.200. The number of tetrazole rings is 1. The van der Waals surface area contributed by atoms with Crippen molar-refractivity contribution >= 4 is 35.1 Å². The van der Waals surface area contributed by atoms with Gasteiger partial charge in [0.05, 0.1) is 17.1 Å². The largest absolute Gasteiger partial charge is 0.324 e. The number of hydrogen-bond acceptors (Lipinski definition) is 6. The van der Waals surface area contributed by atoms with Gasteiger partial charge in [0.1, 0.15) is 0 Å². The van der Waals surface area contributed by atoms with E-state index in [0.29, 0.717) is 5.16 Å². The number of thioether (sulfide) groups is 2. The Hall–Kier alpha value is -2.58. The van der Waals surface area contributed by atoms with E-state index in [1.807, 2.05) is 62.4 Å². The number of amides is 1. The Morgan fingerprint density at radius 1 is 1.18 bits per heavy atom. The van der Waals surface area contributed by atoms with Crippen molar-refractivity contribution in [3.05, 3.63) is 66.2 Å². The molecule has 0 spiro atoms. The lowest BCUT2D eigenvalue weighted by atomic mass is 10.1. The summed E-state index contributed by atoms with van der Waals surface area (Å²) in [5.41, 5.74) is 3.98. The molecule has 28 heavy (non-hydrogen) atoms. The first kappa shape index (κ1) is 20.2. The third kappa shape index (κ3) is 4.82. The summed E-state index contributed by atoms with van der Waals surface area (Å²) in [7, 11) is 0. The summed E-state index contributed by atoms with van der Waals surface area (Å²) >= 11 is 2.94. The highest BCUT2D eigenvalue weighted by atomic mass is 32.2. The number of nitrogens with one attached hydrogen (secondary N) is 1. The van der Waals surface area contributed by atoms with Crippen molar-refractivity contribution < 1.29 is 4.79 Å². The topological polar surface area (TPSA) is 72.7 Å². The van der Waals surface area contributed by atoms with E-state index in [0.717, 1.165) is 33.2 Å². The summed E-state index contributed by atoms with van der Waals surface area (Å²) in [4.78, 5) is 13.5. The Morgan fingerprint density at radius 3 is 2.82 bits per heavy atom. The SMILES string of the molecule is C=CCSc1ccccc1NC(=O)CSc1nnnn1-c1cccc(C)c1C. The van der Waals surface area contributed by atoms with Gasteiger partial charge in [0.25, 0.3) is 0 Å². The predicted molar refractivity (Wildman–Crippen MR) is 115 cm³/mol. The van der Waals surface area contributed by atoms with E-state index in [4.69, 9.17) is 0 Å². The highest BCUT2D eigenvalue weighted by molar-refractivity contribution is 8.00. The Labute approximate surface area is 172 Å². The maximum atomic E-state index is 12.5. The van der Waals surface area contributed by atoms with Crippen molar-refractivity contribution in [2.75, 3.05) is 16.8 Å². The van der Waals surface area contributed by atoms with Crippen molar-refractivity contribution in [3.63, 3.8) is 0 Å². The van der Waals surface area contributed by atoms with Crippen LogP contribution in [0, 0.1) is 13.8 Å². The number of anilines is 1. The molecule has 1 N–H and O–H groups in total. The van der Waals surface area contributed by atoms with E-state index in [-0.39, 0.29) is 11.7 Å². The molecule has 3 aromatic rings. The number of nitrogens with zero attached hydrogens (tertiary/aromatic N) is 4. The van der Waals surface area contributed by atoms with Gasteiger partial charge >= 0.3 is 0 Å². The van der Waals surface area contributed by atoms with Crippen molar-refractivity contribution in [2.24, 2.45) is 0 Å². The van der Waals surface area contributed by atoms with Crippen LogP contribution in [0.2, 0.25) is 0 Å². The van der Waals surface area contributed by atoms with E-state index < -0.39 is 0 Å². The molecular weight excluding hydrogens is 390 g/mol. The highest BCUT2D eigenvalue weighted by Gasteiger charge is 2.14. The second kappa shape index (κ2) is 9.57. The molecule has 0 unspecified atom stereocenters. The summed E-state index contributed by atoms with van der Waals surface area (Å²) in [5.74, 6) is 0.893. The van der Waals surface area contributed by atoms with E-state index in [1.165, 1.54) is 11.8 Å².